The number of benzene rings is 1. The molecule has 4 heteroatoms. The number of nitrogens with zero attached hydrogens (tertiary/aromatic N) is 1. The van der Waals surface area contributed by atoms with Gasteiger partial charge in [-0.25, -0.2) is 0 Å². The number of aliphatic hydroxyl groups excluding tert-OH is 1. The van der Waals surface area contributed by atoms with E-state index < -0.39 is 0 Å². The van der Waals surface area contributed by atoms with E-state index in [9.17, 15) is 4.79 Å². The van der Waals surface area contributed by atoms with Crippen LogP contribution >= 0.6 is 0 Å². The van der Waals surface area contributed by atoms with E-state index in [0.717, 1.165) is 18.5 Å². The minimum Gasteiger partial charge on any atom is -0.395 e. The SMILES string of the molecule is O=C(CNc1ccccc1)N(CCO)C1CCC1. The lowest BCUT2D eigenvalue weighted by atomic mass is 9.91. The zero-order valence-corrected chi connectivity index (χ0v) is 10.5. The predicted molar refractivity (Wildman–Crippen MR) is 71.4 cm³/mol. The Labute approximate surface area is 108 Å². The average molecular weight is 248 g/mol. The number of hydrogen-bond acceptors (Lipinski definition) is 3. The molecule has 0 radical (unpaired) electrons. The number of rotatable bonds is 6. The van der Waals surface area contributed by atoms with E-state index in [0.29, 0.717) is 19.1 Å². The molecule has 0 saturated heterocycles. The summed E-state index contributed by atoms with van der Waals surface area (Å²) in [6, 6.07) is 10.0. The Hall–Kier alpha value is -1.55. The lowest BCUT2D eigenvalue weighted by Gasteiger charge is -2.37. The van der Waals surface area contributed by atoms with Crippen LogP contribution in [0.15, 0.2) is 30.3 Å². The fourth-order valence-electron chi connectivity index (χ4n) is 2.15. The summed E-state index contributed by atoms with van der Waals surface area (Å²) in [4.78, 5) is 13.9. The second-order valence-corrected chi connectivity index (χ2v) is 4.62. The highest BCUT2D eigenvalue weighted by molar-refractivity contribution is 5.81. The van der Waals surface area contributed by atoms with Crippen molar-refractivity contribution in [2.75, 3.05) is 25.0 Å². The monoisotopic (exact) mass is 248 g/mol. The normalized spacial score (nSPS) is 14.9. The average Bonchev–Trinajstić information content (AvgIpc) is 2.34. The summed E-state index contributed by atoms with van der Waals surface area (Å²) in [5.41, 5.74) is 0.948. The maximum atomic E-state index is 12.1. The van der Waals surface area contributed by atoms with E-state index >= 15 is 0 Å². The van der Waals surface area contributed by atoms with E-state index in [2.05, 4.69) is 5.32 Å². The molecule has 1 fully saturated rings. The third-order valence-corrected chi connectivity index (χ3v) is 3.39. The van der Waals surface area contributed by atoms with Gasteiger partial charge in [0.25, 0.3) is 0 Å². The van der Waals surface area contributed by atoms with Crippen LogP contribution in [-0.4, -0.2) is 41.7 Å². The van der Waals surface area contributed by atoms with Crippen molar-refractivity contribution < 1.29 is 9.90 Å². The van der Waals surface area contributed by atoms with E-state index in [1.165, 1.54) is 6.42 Å². The van der Waals surface area contributed by atoms with Gasteiger partial charge >= 0.3 is 0 Å². The number of hydrogen-bond donors (Lipinski definition) is 2. The summed E-state index contributed by atoms with van der Waals surface area (Å²) in [7, 11) is 0. The van der Waals surface area contributed by atoms with Crippen molar-refractivity contribution in [3.8, 4) is 0 Å². The molecule has 0 aromatic heterocycles. The van der Waals surface area contributed by atoms with Crippen LogP contribution in [0.5, 0.6) is 0 Å². The standard InChI is InChI=1S/C14H20N2O2/c17-10-9-16(13-7-4-8-13)14(18)11-15-12-5-2-1-3-6-12/h1-3,5-6,13,15,17H,4,7-11H2. The zero-order valence-electron chi connectivity index (χ0n) is 10.5. The van der Waals surface area contributed by atoms with Crippen molar-refractivity contribution in [1.82, 2.24) is 4.90 Å². The molecule has 1 aromatic carbocycles. The number of aliphatic hydroxyl groups is 1. The van der Waals surface area contributed by atoms with Gasteiger partial charge in [-0.05, 0) is 31.4 Å². The van der Waals surface area contributed by atoms with Crippen LogP contribution in [0.3, 0.4) is 0 Å². The van der Waals surface area contributed by atoms with Crippen molar-refractivity contribution in [3.63, 3.8) is 0 Å². The zero-order chi connectivity index (χ0) is 12.8. The summed E-state index contributed by atoms with van der Waals surface area (Å²) in [5.74, 6) is 0.0672. The smallest absolute Gasteiger partial charge is 0.242 e. The fraction of sp³-hybridized carbons (Fsp3) is 0.500. The Kier molecular flexibility index (Phi) is 4.59. The molecule has 0 unspecified atom stereocenters. The molecule has 1 aliphatic rings. The molecule has 0 heterocycles. The second kappa shape index (κ2) is 6.40. The molecule has 2 N–H and O–H groups in total. The van der Waals surface area contributed by atoms with Gasteiger partial charge in [0.1, 0.15) is 0 Å². The van der Waals surface area contributed by atoms with Crippen molar-refractivity contribution in [3.05, 3.63) is 30.3 Å². The first-order valence-corrected chi connectivity index (χ1v) is 6.50. The molecule has 4 nitrogen and oxygen atoms in total. The highest BCUT2D eigenvalue weighted by Gasteiger charge is 2.27. The molecule has 0 bridgehead atoms. The Balaban J connectivity index is 1.85. The first-order chi connectivity index (χ1) is 8.81. The topological polar surface area (TPSA) is 52.6 Å². The summed E-state index contributed by atoms with van der Waals surface area (Å²) in [6.45, 7) is 0.772. The number of carbonyl (C=O) groups excluding carboxylic acids is 1. The van der Waals surface area contributed by atoms with E-state index in [1.807, 2.05) is 30.3 Å². The number of anilines is 1. The predicted octanol–water partition coefficient (Wildman–Crippen LogP) is 1.47. The van der Waals surface area contributed by atoms with Crippen molar-refractivity contribution in [2.24, 2.45) is 0 Å². The van der Waals surface area contributed by atoms with Crippen LogP contribution < -0.4 is 5.32 Å². The molecule has 1 saturated carbocycles. The molecule has 1 aromatic rings. The van der Waals surface area contributed by atoms with Gasteiger partial charge in [0.2, 0.25) is 5.91 Å². The lowest BCUT2D eigenvalue weighted by molar-refractivity contribution is -0.133. The molecule has 2 rings (SSSR count). The van der Waals surface area contributed by atoms with Crippen LogP contribution in [0.25, 0.3) is 0 Å². The third-order valence-electron chi connectivity index (χ3n) is 3.39. The van der Waals surface area contributed by atoms with E-state index in [-0.39, 0.29) is 12.5 Å². The Morgan fingerprint density at radius 1 is 1.33 bits per heavy atom. The van der Waals surface area contributed by atoms with Gasteiger partial charge in [-0.15, -0.1) is 0 Å². The van der Waals surface area contributed by atoms with Gasteiger partial charge in [-0.1, -0.05) is 18.2 Å². The molecular formula is C14H20N2O2. The first-order valence-electron chi connectivity index (χ1n) is 6.50. The van der Waals surface area contributed by atoms with Gasteiger partial charge in [0, 0.05) is 18.3 Å². The van der Waals surface area contributed by atoms with Gasteiger partial charge in [0.15, 0.2) is 0 Å². The number of amides is 1. The minimum atomic E-state index is 0.0353. The molecule has 18 heavy (non-hydrogen) atoms. The Morgan fingerprint density at radius 2 is 2.06 bits per heavy atom. The molecule has 0 atom stereocenters. The summed E-state index contributed by atoms with van der Waals surface area (Å²) >= 11 is 0. The maximum absolute atomic E-state index is 12.1. The van der Waals surface area contributed by atoms with Gasteiger partial charge in [0.05, 0.1) is 13.2 Å². The van der Waals surface area contributed by atoms with Crippen LogP contribution in [0.2, 0.25) is 0 Å². The molecule has 98 valence electrons. The molecular weight excluding hydrogens is 228 g/mol. The highest BCUT2D eigenvalue weighted by Crippen LogP contribution is 2.24. The van der Waals surface area contributed by atoms with Crippen LogP contribution in [0.1, 0.15) is 19.3 Å². The van der Waals surface area contributed by atoms with Crippen LogP contribution in [0, 0.1) is 0 Å². The van der Waals surface area contributed by atoms with Gasteiger partial charge in [-0.2, -0.15) is 0 Å². The van der Waals surface area contributed by atoms with Gasteiger partial charge in [-0.3, -0.25) is 4.79 Å². The minimum absolute atomic E-state index is 0.0353. The number of nitrogens with one attached hydrogen (secondary N) is 1. The summed E-state index contributed by atoms with van der Waals surface area (Å²) < 4.78 is 0. The molecule has 1 amide bonds. The molecule has 1 aliphatic carbocycles. The third kappa shape index (κ3) is 3.23. The summed E-state index contributed by atoms with van der Waals surface area (Å²) in [5, 5.41) is 12.1. The fourth-order valence-corrected chi connectivity index (χ4v) is 2.15. The van der Waals surface area contributed by atoms with Crippen molar-refractivity contribution >= 4 is 11.6 Å². The summed E-state index contributed by atoms with van der Waals surface area (Å²) in [6.07, 6.45) is 3.32. The Bertz CT molecular complexity index is 377. The molecule has 0 spiro atoms. The number of para-hydroxylation sites is 1. The van der Waals surface area contributed by atoms with E-state index in [4.69, 9.17) is 5.11 Å². The first kappa shape index (κ1) is 12.9. The quantitative estimate of drug-likeness (QED) is 0.801. The number of carbonyl (C=O) groups is 1. The molecule has 0 aliphatic heterocycles. The van der Waals surface area contributed by atoms with Gasteiger partial charge < -0.3 is 15.3 Å². The second-order valence-electron chi connectivity index (χ2n) is 4.62. The van der Waals surface area contributed by atoms with E-state index in [1.54, 1.807) is 4.90 Å². The Morgan fingerprint density at radius 3 is 2.61 bits per heavy atom. The van der Waals surface area contributed by atoms with Crippen molar-refractivity contribution in [1.29, 1.82) is 0 Å². The van der Waals surface area contributed by atoms with Crippen LogP contribution in [0.4, 0.5) is 5.69 Å². The lowest BCUT2D eigenvalue weighted by Crippen LogP contribution is -2.47. The van der Waals surface area contributed by atoms with Crippen molar-refractivity contribution in [2.45, 2.75) is 25.3 Å². The van der Waals surface area contributed by atoms with Crippen LogP contribution in [-0.2, 0) is 4.79 Å². The maximum Gasteiger partial charge on any atom is 0.242 e. The largest absolute Gasteiger partial charge is 0.395 e. The highest BCUT2D eigenvalue weighted by atomic mass is 16.3.